The quantitative estimate of drug-likeness (QED) is 0.543. The van der Waals surface area contributed by atoms with E-state index in [0.29, 0.717) is 0 Å². The van der Waals surface area contributed by atoms with Gasteiger partial charge in [-0.05, 0) is 54.9 Å². The molecule has 0 amide bonds. The van der Waals surface area contributed by atoms with Crippen LogP contribution in [0.15, 0.2) is 28.7 Å². The summed E-state index contributed by atoms with van der Waals surface area (Å²) < 4.78 is 6.50. The van der Waals surface area contributed by atoms with Gasteiger partial charge in [0.1, 0.15) is 11.4 Å². The van der Waals surface area contributed by atoms with Crippen molar-refractivity contribution in [2.75, 3.05) is 5.75 Å². The average molecular weight is 333 g/mol. The van der Waals surface area contributed by atoms with Gasteiger partial charge in [0.25, 0.3) is 0 Å². The Hall–Kier alpha value is -0.890. The van der Waals surface area contributed by atoms with Crippen molar-refractivity contribution in [1.29, 1.82) is 0 Å². The lowest BCUT2D eigenvalue weighted by Gasteiger charge is -2.37. The van der Waals surface area contributed by atoms with E-state index >= 15 is 0 Å². The molecule has 1 atom stereocenters. The van der Waals surface area contributed by atoms with Gasteiger partial charge in [0, 0.05) is 5.75 Å². The van der Waals surface area contributed by atoms with Crippen LogP contribution in [0.5, 0.6) is 5.75 Å². The average Bonchev–Trinajstić information content (AvgIpc) is 2.33. The topological polar surface area (TPSA) is 9.23 Å². The molecule has 23 heavy (non-hydrogen) atoms. The predicted octanol–water partition coefficient (Wildman–Crippen LogP) is 6.49. The molecule has 0 bridgehead atoms. The van der Waals surface area contributed by atoms with E-state index in [1.807, 2.05) is 11.8 Å². The lowest BCUT2D eigenvalue weighted by atomic mass is 9.80. The van der Waals surface area contributed by atoms with E-state index in [4.69, 9.17) is 4.74 Å². The van der Waals surface area contributed by atoms with Gasteiger partial charge in [0.05, 0.1) is 4.90 Å². The first-order valence-electron chi connectivity index (χ1n) is 8.49. The zero-order valence-electron chi connectivity index (χ0n) is 16.3. The van der Waals surface area contributed by atoms with Crippen molar-refractivity contribution in [3.63, 3.8) is 0 Å². The third-order valence-corrected chi connectivity index (χ3v) is 5.60. The molecule has 0 fully saturated rings. The van der Waals surface area contributed by atoms with Crippen molar-refractivity contribution in [3.05, 3.63) is 34.9 Å². The van der Waals surface area contributed by atoms with Crippen molar-refractivity contribution >= 4 is 11.8 Å². The fourth-order valence-electron chi connectivity index (χ4n) is 2.99. The summed E-state index contributed by atoms with van der Waals surface area (Å²) >= 11 is 1.94. The minimum absolute atomic E-state index is 0.117. The first kappa shape index (κ1) is 18.4. The second kappa shape index (κ2) is 5.88. The van der Waals surface area contributed by atoms with Crippen LogP contribution < -0.4 is 4.74 Å². The maximum Gasteiger partial charge on any atom is 0.134 e. The van der Waals surface area contributed by atoms with Gasteiger partial charge < -0.3 is 4.74 Å². The van der Waals surface area contributed by atoms with E-state index in [2.05, 4.69) is 80.5 Å². The van der Waals surface area contributed by atoms with Gasteiger partial charge >= 0.3 is 0 Å². The van der Waals surface area contributed by atoms with E-state index in [9.17, 15) is 0 Å². The van der Waals surface area contributed by atoms with Crippen molar-refractivity contribution in [2.45, 2.75) is 83.6 Å². The van der Waals surface area contributed by atoms with Crippen LogP contribution in [0.3, 0.4) is 0 Å². The summed E-state index contributed by atoms with van der Waals surface area (Å²) in [4.78, 5) is 1.32. The molecule has 0 saturated carbocycles. The van der Waals surface area contributed by atoms with Gasteiger partial charge in [-0.1, -0.05) is 53.2 Å². The number of benzene rings is 1. The second-order valence-corrected chi connectivity index (χ2v) is 10.3. The molecule has 1 aromatic carbocycles. The van der Waals surface area contributed by atoms with Gasteiger partial charge in [0.15, 0.2) is 0 Å². The third-order valence-electron chi connectivity index (χ3n) is 4.17. The summed E-state index contributed by atoms with van der Waals surface area (Å²) in [5, 5.41) is 0. The normalized spacial score (nSPS) is 21.4. The smallest absolute Gasteiger partial charge is 0.134 e. The zero-order valence-corrected chi connectivity index (χ0v) is 17.1. The summed E-state index contributed by atoms with van der Waals surface area (Å²) in [6.07, 6.45) is 2.25. The Kier molecular flexibility index (Phi) is 4.71. The van der Waals surface area contributed by atoms with E-state index in [1.54, 1.807) is 0 Å². The van der Waals surface area contributed by atoms with Crippen LogP contribution in [-0.2, 0) is 10.8 Å². The minimum Gasteiger partial charge on any atom is -0.481 e. The van der Waals surface area contributed by atoms with Crippen LogP contribution in [0.1, 0.15) is 73.4 Å². The Morgan fingerprint density at radius 3 is 2.17 bits per heavy atom. The zero-order chi connectivity index (χ0) is 17.6. The monoisotopic (exact) mass is 332 g/mol. The second-order valence-electron chi connectivity index (χ2n) is 9.28. The number of allylic oxidation sites excluding steroid dienone is 1. The summed E-state index contributed by atoms with van der Waals surface area (Å²) in [5.74, 6) is 2.02. The Balaban J connectivity index is 2.61. The van der Waals surface area contributed by atoms with E-state index < -0.39 is 0 Å². The van der Waals surface area contributed by atoms with Crippen LogP contribution in [-0.4, -0.2) is 11.4 Å². The Morgan fingerprint density at radius 1 is 1.09 bits per heavy atom. The Morgan fingerprint density at radius 2 is 1.70 bits per heavy atom. The predicted molar refractivity (Wildman–Crippen MR) is 103 cm³/mol. The fraction of sp³-hybridized carbons (Fsp3) is 0.619. The molecule has 1 aliphatic heterocycles. The minimum atomic E-state index is -0.220. The number of hydrogen-bond acceptors (Lipinski definition) is 2. The molecule has 2 rings (SSSR count). The molecule has 0 spiro atoms. The van der Waals surface area contributed by atoms with Crippen LogP contribution in [0.2, 0.25) is 0 Å². The fourth-order valence-corrected chi connectivity index (χ4v) is 4.33. The van der Waals surface area contributed by atoms with Crippen LogP contribution >= 0.6 is 11.8 Å². The SMILES string of the molecule is CC(C)=CC1(C)CSc2c(cc(C(C)(C)C)cc2C(C)(C)C)O1. The first-order chi connectivity index (χ1) is 10.3. The molecular weight excluding hydrogens is 300 g/mol. The Bertz CT molecular complexity index is 624. The van der Waals surface area contributed by atoms with Crippen molar-refractivity contribution in [2.24, 2.45) is 0 Å². The highest BCUT2D eigenvalue weighted by molar-refractivity contribution is 7.99. The molecule has 1 aliphatic rings. The van der Waals surface area contributed by atoms with Crippen molar-refractivity contribution in [1.82, 2.24) is 0 Å². The number of thioether (sulfide) groups is 1. The molecule has 0 aromatic heterocycles. The van der Waals surface area contributed by atoms with Gasteiger partial charge in [0.2, 0.25) is 0 Å². The molecule has 0 N–H and O–H groups in total. The first-order valence-corrected chi connectivity index (χ1v) is 9.47. The van der Waals surface area contributed by atoms with Crippen molar-refractivity contribution < 1.29 is 4.74 Å². The maximum absolute atomic E-state index is 6.50. The van der Waals surface area contributed by atoms with Crippen LogP contribution in [0.4, 0.5) is 0 Å². The van der Waals surface area contributed by atoms with Crippen molar-refractivity contribution in [3.8, 4) is 5.75 Å². The highest BCUT2D eigenvalue weighted by Crippen LogP contribution is 2.47. The molecule has 0 aliphatic carbocycles. The molecule has 1 heterocycles. The summed E-state index contributed by atoms with van der Waals surface area (Å²) in [6, 6.07) is 4.65. The van der Waals surface area contributed by atoms with Gasteiger partial charge in [-0.25, -0.2) is 0 Å². The lowest BCUT2D eigenvalue weighted by Crippen LogP contribution is -2.36. The number of hydrogen-bond donors (Lipinski definition) is 0. The maximum atomic E-state index is 6.50. The Labute approximate surface area is 146 Å². The molecular formula is C21H32OS. The molecule has 1 aromatic rings. The van der Waals surface area contributed by atoms with E-state index in [0.717, 1.165) is 11.5 Å². The lowest BCUT2D eigenvalue weighted by molar-refractivity contribution is 0.155. The third kappa shape index (κ3) is 4.15. The summed E-state index contributed by atoms with van der Waals surface area (Å²) in [5.41, 5.74) is 4.08. The van der Waals surface area contributed by atoms with Crippen LogP contribution in [0, 0.1) is 0 Å². The molecule has 1 unspecified atom stereocenters. The molecule has 1 nitrogen and oxygen atoms in total. The number of ether oxygens (including phenoxy) is 1. The molecule has 2 heteroatoms. The summed E-state index contributed by atoms with van der Waals surface area (Å²) in [6.45, 7) is 20.2. The molecule has 0 radical (unpaired) electrons. The van der Waals surface area contributed by atoms with Crippen LogP contribution in [0.25, 0.3) is 0 Å². The number of fused-ring (bicyclic) bond motifs is 1. The largest absolute Gasteiger partial charge is 0.481 e. The van der Waals surface area contributed by atoms with E-state index in [-0.39, 0.29) is 16.4 Å². The number of rotatable bonds is 1. The summed E-state index contributed by atoms with van der Waals surface area (Å²) in [7, 11) is 0. The van der Waals surface area contributed by atoms with E-state index in [1.165, 1.54) is 21.6 Å². The highest BCUT2D eigenvalue weighted by Gasteiger charge is 2.34. The van der Waals surface area contributed by atoms with Gasteiger partial charge in [-0.15, -0.1) is 11.8 Å². The standard InChI is InChI=1S/C21H32OS/c1-14(2)12-21(9)13-23-18-16(20(6,7)8)10-15(19(3,4)5)11-17(18)22-21/h10-12H,13H2,1-9H3. The molecule has 128 valence electrons. The van der Waals surface area contributed by atoms with Gasteiger partial charge in [-0.2, -0.15) is 0 Å². The molecule has 0 saturated heterocycles. The highest BCUT2D eigenvalue weighted by atomic mass is 32.2. The van der Waals surface area contributed by atoms with Gasteiger partial charge in [-0.3, -0.25) is 0 Å².